The fourth-order valence-corrected chi connectivity index (χ4v) is 2.82. The summed E-state index contributed by atoms with van der Waals surface area (Å²) in [5, 5.41) is 33.9. The van der Waals surface area contributed by atoms with Gasteiger partial charge in [0.1, 0.15) is 6.10 Å². The molecule has 0 spiro atoms. The van der Waals surface area contributed by atoms with Crippen LogP contribution in [-0.4, -0.2) is 58.4 Å². The minimum absolute atomic E-state index is 0.0374. The Balaban J connectivity index is 0. The van der Waals surface area contributed by atoms with Crippen LogP contribution >= 0.6 is 0 Å². The molecular formula is C25H50O6. The highest BCUT2D eigenvalue weighted by atomic mass is 16.5. The van der Waals surface area contributed by atoms with Crippen LogP contribution in [0.25, 0.3) is 0 Å². The summed E-state index contributed by atoms with van der Waals surface area (Å²) >= 11 is 0. The molecule has 31 heavy (non-hydrogen) atoms. The number of carbonyl (C=O) groups is 1. The molecule has 0 unspecified atom stereocenters. The van der Waals surface area contributed by atoms with Crippen LogP contribution in [0.3, 0.4) is 0 Å². The third kappa shape index (κ3) is 29.1. The smallest absolute Gasteiger partial charge is 0.305 e. The van der Waals surface area contributed by atoms with Crippen LogP contribution in [0.4, 0.5) is 0 Å². The van der Waals surface area contributed by atoms with Gasteiger partial charge >= 0.3 is 5.97 Å². The summed E-state index contributed by atoms with van der Waals surface area (Å²) in [4.78, 5) is 11.4. The van der Waals surface area contributed by atoms with E-state index >= 15 is 0 Å². The van der Waals surface area contributed by atoms with Gasteiger partial charge in [0.2, 0.25) is 0 Å². The Morgan fingerprint density at radius 3 is 2.00 bits per heavy atom. The first kappa shape index (κ1) is 32.2. The zero-order valence-electron chi connectivity index (χ0n) is 20.1. The summed E-state index contributed by atoms with van der Waals surface area (Å²) in [6.07, 6.45) is 19.3. The number of aliphatic hydroxyl groups excluding tert-OH is 4. The van der Waals surface area contributed by atoms with Crippen LogP contribution < -0.4 is 0 Å². The number of unbranched alkanes of at least 4 members (excludes halogenated alkanes) is 9. The van der Waals surface area contributed by atoms with Crippen LogP contribution in [0, 0.1) is 0 Å². The van der Waals surface area contributed by atoms with E-state index < -0.39 is 6.10 Å². The molecule has 0 fully saturated rings. The predicted molar refractivity (Wildman–Crippen MR) is 127 cm³/mol. The molecule has 0 aromatic rings. The molecule has 0 heterocycles. The van der Waals surface area contributed by atoms with Crippen LogP contribution in [0.1, 0.15) is 110 Å². The van der Waals surface area contributed by atoms with Gasteiger partial charge in [-0.1, -0.05) is 77.4 Å². The number of rotatable bonds is 20. The Hall–Kier alpha value is -0.950. The SMILES string of the molecule is CCCCCC[C@@H](O)C/C=C\CCCCCCCC(=O)OCCCC.OCC(O)CO. The Labute approximate surface area is 190 Å². The van der Waals surface area contributed by atoms with Gasteiger partial charge in [-0.15, -0.1) is 0 Å². The Kier molecular flexibility index (Phi) is 28.2. The van der Waals surface area contributed by atoms with Crippen molar-refractivity contribution in [2.24, 2.45) is 0 Å². The summed E-state index contributed by atoms with van der Waals surface area (Å²) in [6, 6.07) is 0. The molecule has 0 saturated heterocycles. The molecule has 0 aliphatic rings. The van der Waals surface area contributed by atoms with Gasteiger partial charge in [0.15, 0.2) is 0 Å². The molecule has 0 aromatic heterocycles. The quantitative estimate of drug-likeness (QED) is 0.123. The van der Waals surface area contributed by atoms with Crippen molar-refractivity contribution in [1.82, 2.24) is 0 Å². The number of esters is 1. The topological polar surface area (TPSA) is 107 Å². The van der Waals surface area contributed by atoms with E-state index in [9.17, 15) is 9.90 Å². The van der Waals surface area contributed by atoms with E-state index in [2.05, 4.69) is 26.0 Å². The average molecular weight is 447 g/mol. The number of ether oxygens (including phenoxy) is 1. The average Bonchev–Trinajstić information content (AvgIpc) is 2.78. The molecule has 0 radical (unpaired) electrons. The highest BCUT2D eigenvalue weighted by Gasteiger charge is 2.02. The van der Waals surface area contributed by atoms with Gasteiger partial charge in [-0.05, 0) is 38.5 Å². The number of allylic oxidation sites excluding steroid dienone is 1. The fraction of sp³-hybridized carbons (Fsp3) is 0.880. The summed E-state index contributed by atoms with van der Waals surface area (Å²) in [5.41, 5.74) is 0. The maximum Gasteiger partial charge on any atom is 0.305 e. The molecule has 0 aliphatic heterocycles. The van der Waals surface area contributed by atoms with E-state index in [1.165, 1.54) is 38.5 Å². The van der Waals surface area contributed by atoms with Crippen molar-refractivity contribution < 1.29 is 30.0 Å². The summed E-state index contributed by atoms with van der Waals surface area (Å²) in [6.45, 7) is 4.16. The van der Waals surface area contributed by atoms with Crippen molar-refractivity contribution in [3.05, 3.63) is 12.2 Å². The maximum atomic E-state index is 11.4. The highest BCUT2D eigenvalue weighted by Crippen LogP contribution is 2.10. The summed E-state index contributed by atoms with van der Waals surface area (Å²) in [7, 11) is 0. The second-order valence-corrected chi connectivity index (χ2v) is 8.11. The monoisotopic (exact) mass is 446 g/mol. The third-order valence-electron chi connectivity index (χ3n) is 4.90. The molecule has 6 heteroatoms. The standard InChI is InChI=1S/C22H42O3.C3H8O3/c1-3-5-7-14-17-21(23)18-15-12-10-8-9-11-13-16-19-22(24)25-20-6-4-2;4-1-3(6)2-5/h12,15,21,23H,3-11,13-14,16-20H2,1-2H3;3-6H,1-2H2/b15-12-;/t21-;/m1./s1. The maximum absolute atomic E-state index is 11.4. The normalized spacial score (nSPS) is 12.1. The molecule has 4 N–H and O–H groups in total. The van der Waals surface area contributed by atoms with Gasteiger partial charge in [0, 0.05) is 6.42 Å². The molecule has 0 bridgehead atoms. The molecule has 0 aliphatic carbocycles. The molecule has 0 aromatic carbocycles. The molecule has 186 valence electrons. The minimum atomic E-state index is -0.954. The van der Waals surface area contributed by atoms with Crippen molar-refractivity contribution >= 4 is 5.97 Å². The van der Waals surface area contributed by atoms with Crippen molar-refractivity contribution in [3.8, 4) is 0 Å². The van der Waals surface area contributed by atoms with Gasteiger partial charge in [-0.25, -0.2) is 0 Å². The molecule has 1 atom stereocenters. The van der Waals surface area contributed by atoms with E-state index in [1.54, 1.807) is 0 Å². The Morgan fingerprint density at radius 1 is 0.774 bits per heavy atom. The largest absolute Gasteiger partial charge is 0.466 e. The van der Waals surface area contributed by atoms with Gasteiger partial charge in [-0.3, -0.25) is 4.79 Å². The van der Waals surface area contributed by atoms with Crippen molar-refractivity contribution in [1.29, 1.82) is 0 Å². The minimum Gasteiger partial charge on any atom is -0.466 e. The number of aliphatic hydroxyl groups is 4. The first-order valence-electron chi connectivity index (χ1n) is 12.4. The summed E-state index contributed by atoms with van der Waals surface area (Å²) < 4.78 is 5.14. The zero-order chi connectivity index (χ0) is 23.6. The lowest BCUT2D eigenvalue weighted by Gasteiger charge is -2.07. The van der Waals surface area contributed by atoms with Crippen LogP contribution in [0.5, 0.6) is 0 Å². The molecule has 0 amide bonds. The number of carbonyl (C=O) groups excluding carboxylic acids is 1. The van der Waals surface area contributed by atoms with Gasteiger partial charge in [-0.2, -0.15) is 0 Å². The van der Waals surface area contributed by atoms with Gasteiger partial charge in [0.25, 0.3) is 0 Å². The Bertz CT molecular complexity index is 382. The first-order chi connectivity index (χ1) is 15.0. The van der Waals surface area contributed by atoms with E-state index in [0.29, 0.717) is 13.0 Å². The van der Waals surface area contributed by atoms with Crippen molar-refractivity contribution in [2.75, 3.05) is 19.8 Å². The van der Waals surface area contributed by atoms with Gasteiger partial charge < -0.3 is 25.2 Å². The fourth-order valence-electron chi connectivity index (χ4n) is 2.82. The van der Waals surface area contributed by atoms with E-state index in [0.717, 1.165) is 51.4 Å². The lowest BCUT2D eigenvalue weighted by atomic mass is 10.1. The molecular weight excluding hydrogens is 396 g/mol. The van der Waals surface area contributed by atoms with Crippen LogP contribution in [0.15, 0.2) is 12.2 Å². The van der Waals surface area contributed by atoms with E-state index in [-0.39, 0.29) is 25.3 Å². The summed E-state index contributed by atoms with van der Waals surface area (Å²) in [5.74, 6) is -0.0374. The third-order valence-corrected chi connectivity index (χ3v) is 4.90. The Morgan fingerprint density at radius 2 is 1.39 bits per heavy atom. The van der Waals surface area contributed by atoms with Crippen molar-refractivity contribution in [3.63, 3.8) is 0 Å². The molecule has 0 saturated carbocycles. The number of hydrogen-bond donors (Lipinski definition) is 4. The van der Waals surface area contributed by atoms with E-state index in [1.807, 2.05) is 0 Å². The van der Waals surface area contributed by atoms with Crippen LogP contribution in [-0.2, 0) is 9.53 Å². The van der Waals surface area contributed by atoms with E-state index in [4.69, 9.17) is 20.1 Å². The number of hydrogen-bond acceptors (Lipinski definition) is 6. The lowest BCUT2D eigenvalue weighted by molar-refractivity contribution is -0.143. The second-order valence-electron chi connectivity index (χ2n) is 8.11. The predicted octanol–water partition coefficient (Wildman–Crippen LogP) is 4.67. The van der Waals surface area contributed by atoms with Crippen molar-refractivity contribution in [2.45, 2.75) is 122 Å². The highest BCUT2D eigenvalue weighted by molar-refractivity contribution is 5.69. The second kappa shape index (κ2) is 27.1. The van der Waals surface area contributed by atoms with Crippen LogP contribution in [0.2, 0.25) is 0 Å². The first-order valence-corrected chi connectivity index (χ1v) is 12.4. The van der Waals surface area contributed by atoms with Gasteiger partial charge in [0.05, 0.1) is 25.9 Å². The molecule has 6 nitrogen and oxygen atoms in total. The lowest BCUT2D eigenvalue weighted by Crippen LogP contribution is -2.15. The molecule has 0 rings (SSSR count). The zero-order valence-corrected chi connectivity index (χ0v) is 20.1.